The maximum Gasteiger partial charge on any atom is 0.427 e. The highest BCUT2D eigenvalue weighted by Crippen LogP contribution is 2.43. The van der Waals surface area contributed by atoms with Crippen molar-refractivity contribution in [3.8, 4) is 11.6 Å². The maximum atomic E-state index is 14.4. The normalized spacial score (nSPS) is 20.0. The number of nitrogens with zero attached hydrogens (tertiary/aromatic N) is 3. The van der Waals surface area contributed by atoms with Crippen molar-refractivity contribution in [2.24, 2.45) is 5.73 Å². The van der Waals surface area contributed by atoms with Crippen LogP contribution in [0.1, 0.15) is 45.2 Å². The molecule has 18 heteroatoms. The van der Waals surface area contributed by atoms with E-state index in [4.69, 9.17) is 15.2 Å². The lowest BCUT2D eigenvalue weighted by Crippen LogP contribution is -2.55. The summed E-state index contributed by atoms with van der Waals surface area (Å²) in [5.74, 6) is -0.223. The molecule has 3 N–H and O–H groups in total. The number of hydrogen-bond donors (Lipinski definition) is 2. The molecular formula is C25H32F3N5O8S2. The van der Waals surface area contributed by atoms with Crippen LogP contribution in [0.3, 0.4) is 0 Å². The number of carbonyl (C=O) groups is 1. The molecule has 0 saturated heterocycles. The summed E-state index contributed by atoms with van der Waals surface area (Å²) >= 11 is 0. The number of ether oxygens (including phenoxy) is 3. The molecule has 1 fully saturated rings. The molecule has 3 heterocycles. The number of sulfone groups is 1. The molecule has 1 aromatic carbocycles. The summed E-state index contributed by atoms with van der Waals surface area (Å²) in [6.07, 6.45) is -4.83. The molecule has 2 aromatic rings. The van der Waals surface area contributed by atoms with Crippen molar-refractivity contribution in [3.63, 3.8) is 0 Å². The van der Waals surface area contributed by atoms with Crippen LogP contribution >= 0.6 is 0 Å². The first-order valence-electron chi connectivity index (χ1n) is 13.5. The predicted molar refractivity (Wildman–Crippen MR) is 147 cm³/mol. The lowest BCUT2D eigenvalue weighted by atomic mass is 10.1. The van der Waals surface area contributed by atoms with Crippen LogP contribution in [-0.2, 0) is 37.6 Å². The fourth-order valence-electron chi connectivity index (χ4n) is 4.95. The van der Waals surface area contributed by atoms with Crippen molar-refractivity contribution in [1.29, 1.82) is 0 Å². The first-order valence-corrected chi connectivity index (χ1v) is 16.5. The summed E-state index contributed by atoms with van der Waals surface area (Å²) in [4.78, 5) is 12.2. The van der Waals surface area contributed by atoms with E-state index in [2.05, 4.69) is 15.2 Å². The van der Waals surface area contributed by atoms with Crippen molar-refractivity contribution in [1.82, 2.24) is 9.78 Å². The number of fused-ring (bicyclic) bond motifs is 2. The number of benzene rings is 1. The number of aryl methyl sites for hydroxylation is 1. The molecule has 3 aliphatic rings. The number of hydrogen-bond acceptors (Lipinski definition) is 10. The van der Waals surface area contributed by atoms with Gasteiger partial charge >= 0.3 is 12.3 Å². The number of anilines is 2. The fourth-order valence-corrected chi connectivity index (χ4v) is 8.57. The Morgan fingerprint density at radius 1 is 1.19 bits per heavy atom. The monoisotopic (exact) mass is 651 g/mol. The summed E-state index contributed by atoms with van der Waals surface area (Å²) in [5.41, 5.74) is 3.55. The van der Waals surface area contributed by atoms with Gasteiger partial charge in [0.15, 0.2) is 14.7 Å². The smallest absolute Gasteiger partial charge is 0.427 e. The van der Waals surface area contributed by atoms with Gasteiger partial charge in [-0.3, -0.25) is 14.3 Å². The van der Waals surface area contributed by atoms with Gasteiger partial charge in [0.2, 0.25) is 5.60 Å². The Hall–Kier alpha value is -3.25. The van der Waals surface area contributed by atoms with Crippen LogP contribution in [0.15, 0.2) is 23.1 Å². The number of halogens is 3. The van der Waals surface area contributed by atoms with Gasteiger partial charge in [0.25, 0.3) is 15.9 Å². The molecule has 1 amide bonds. The van der Waals surface area contributed by atoms with Crippen molar-refractivity contribution in [3.05, 3.63) is 23.9 Å². The second-order valence-electron chi connectivity index (χ2n) is 11.1. The molecular weight excluding hydrogens is 619 g/mol. The van der Waals surface area contributed by atoms with Gasteiger partial charge in [0.05, 0.1) is 30.3 Å². The standard InChI is InChI=1S/C25H32F3N5O8S2/c1-24(2,25(26,27)28)41-23(34)30-14-7-10-18-17(12-14)33(13-19(40-18)21(29)42(35,36)15-8-9-15)43(37,38)20-16-6-4-5-11-32(16)31-22(20)39-3/h7,10,12,15,19,21H,4-6,8-9,11,13,29H2,1-3H3,(H,30,34)/t19-,21?/m0/s1. The minimum Gasteiger partial charge on any atom is -0.484 e. The summed E-state index contributed by atoms with van der Waals surface area (Å²) in [6.45, 7) is 1.31. The Morgan fingerprint density at radius 3 is 2.51 bits per heavy atom. The van der Waals surface area contributed by atoms with Gasteiger partial charge in [-0.25, -0.2) is 21.6 Å². The van der Waals surface area contributed by atoms with Gasteiger partial charge in [-0.15, -0.1) is 5.10 Å². The number of alkyl halides is 3. The van der Waals surface area contributed by atoms with Gasteiger partial charge in [-0.05, 0) is 64.2 Å². The van der Waals surface area contributed by atoms with E-state index in [-0.39, 0.29) is 27.9 Å². The Labute approximate surface area is 246 Å². The Balaban J connectivity index is 1.55. The number of methoxy groups -OCH3 is 1. The predicted octanol–water partition coefficient (Wildman–Crippen LogP) is 2.94. The molecule has 0 bridgehead atoms. The van der Waals surface area contributed by atoms with Crippen LogP contribution in [0.2, 0.25) is 0 Å². The van der Waals surface area contributed by atoms with E-state index in [1.807, 2.05) is 0 Å². The van der Waals surface area contributed by atoms with Gasteiger partial charge < -0.3 is 19.9 Å². The Kier molecular flexibility index (Phi) is 7.78. The second-order valence-corrected chi connectivity index (χ2v) is 15.3. The summed E-state index contributed by atoms with van der Waals surface area (Å²) in [5, 5.41) is 4.28. The molecule has 0 spiro atoms. The average Bonchev–Trinajstić information content (AvgIpc) is 3.71. The van der Waals surface area contributed by atoms with Crippen LogP contribution in [-0.4, -0.2) is 74.9 Å². The molecule has 13 nitrogen and oxygen atoms in total. The van der Waals surface area contributed by atoms with Gasteiger partial charge in [0, 0.05) is 12.2 Å². The first-order chi connectivity index (χ1) is 20.0. The van der Waals surface area contributed by atoms with Gasteiger partial charge in [-0.1, -0.05) is 0 Å². The molecule has 1 unspecified atom stereocenters. The highest BCUT2D eigenvalue weighted by Gasteiger charge is 2.51. The van der Waals surface area contributed by atoms with Crippen LogP contribution in [0.5, 0.6) is 11.6 Å². The Bertz CT molecular complexity index is 1640. The number of nitrogens with two attached hydrogens (primary N) is 1. The SMILES string of the molecule is COc1nn2c(c1S(=O)(=O)N1C[C@@H](C(N)S(=O)(=O)C3CC3)Oc3ccc(NC(=O)OC(C)(C)C(F)(F)F)cc31)CCCC2. The highest BCUT2D eigenvalue weighted by atomic mass is 32.2. The molecule has 0 radical (unpaired) electrons. The van der Waals surface area contributed by atoms with E-state index in [1.54, 1.807) is 4.68 Å². The quantitative estimate of drug-likeness (QED) is 0.432. The fraction of sp³-hybridized carbons (Fsp3) is 0.600. The molecule has 2 aliphatic heterocycles. The molecule has 1 aliphatic carbocycles. The molecule has 1 saturated carbocycles. The molecule has 5 rings (SSSR count). The van der Waals surface area contributed by atoms with Crippen molar-refractivity contribution < 1.29 is 49.0 Å². The highest BCUT2D eigenvalue weighted by molar-refractivity contribution is 7.93. The lowest BCUT2D eigenvalue weighted by Gasteiger charge is -2.37. The number of aromatic nitrogens is 2. The summed E-state index contributed by atoms with van der Waals surface area (Å²) in [7, 11) is -7.10. The number of carbonyl (C=O) groups excluding carboxylic acids is 1. The second kappa shape index (κ2) is 10.7. The number of sulfonamides is 1. The van der Waals surface area contributed by atoms with Crippen molar-refractivity contribution >= 4 is 37.3 Å². The van der Waals surface area contributed by atoms with Crippen molar-refractivity contribution in [2.45, 2.75) is 85.9 Å². The first kappa shape index (κ1) is 31.2. The van der Waals surface area contributed by atoms with Crippen molar-refractivity contribution in [2.75, 3.05) is 23.3 Å². The molecule has 2 atom stereocenters. The zero-order valence-corrected chi connectivity index (χ0v) is 25.2. The van der Waals surface area contributed by atoms with E-state index < -0.39 is 61.0 Å². The minimum absolute atomic E-state index is 0.0733. The minimum atomic E-state index is -4.85. The zero-order chi connectivity index (χ0) is 31.5. The lowest BCUT2D eigenvalue weighted by molar-refractivity contribution is -0.242. The van der Waals surface area contributed by atoms with Gasteiger partial charge in [0.1, 0.15) is 17.2 Å². The largest absolute Gasteiger partial charge is 0.484 e. The van der Waals surface area contributed by atoms with E-state index in [9.17, 15) is 34.8 Å². The van der Waals surface area contributed by atoms with E-state index in [0.717, 1.165) is 10.7 Å². The summed E-state index contributed by atoms with van der Waals surface area (Å²) < 4.78 is 113. The van der Waals surface area contributed by atoms with E-state index in [1.165, 1.54) is 25.3 Å². The topological polar surface area (TPSA) is 172 Å². The Morgan fingerprint density at radius 2 is 1.88 bits per heavy atom. The third-order valence-corrected chi connectivity index (χ3v) is 11.9. The van der Waals surface area contributed by atoms with Crippen LogP contribution in [0.25, 0.3) is 0 Å². The van der Waals surface area contributed by atoms with Crippen LogP contribution in [0.4, 0.5) is 29.3 Å². The average molecular weight is 652 g/mol. The summed E-state index contributed by atoms with van der Waals surface area (Å²) in [6, 6.07) is 3.68. The van der Waals surface area contributed by atoms with Crippen LogP contribution < -0.4 is 24.8 Å². The van der Waals surface area contributed by atoms with E-state index >= 15 is 0 Å². The third kappa shape index (κ3) is 5.71. The number of amides is 1. The number of nitrogens with one attached hydrogen (secondary N) is 1. The molecule has 1 aromatic heterocycles. The number of rotatable bonds is 8. The maximum absolute atomic E-state index is 14.4. The van der Waals surface area contributed by atoms with Crippen LogP contribution in [0, 0.1) is 0 Å². The molecule has 238 valence electrons. The van der Waals surface area contributed by atoms with E-state index in [0.29, 0.717) is 51.8 Å². The zero-order valence-electron chi connectivity index (χ0n) is 23.5. The third-order valence-electron chi connectivity index (χ3n) is 7.62. The molecule has 43 heavy (non-hydrogen) atoms. The van der Waals surface area contributed by atoms with Gasteiger partial charge in [-0.2, -0.15) is 13.2 Å².